The highest BCUT2D eigenvalue weighted by molar-refractivity contribution is 5.85. The molecule has 5 rings (SSSR count). The number of rotatable bonds is 5. The average molecular weight is 432 g/mol. The van der Waals surface area contributed by atoms with E-state index in [4.69, 9.17) is 0 Å². The van der Waals surface area contributed by atoms with E-state index in [1.54, 1.807) is 0 Å². The molecule has 4 nitrogen and oxygen atoms in total. The summed E-state index contributed by atoms with van der Waals surface area (Å²) in [6, 6.07) is 19.9. The maximum absolute atomic E-state index is 13.3. The van der Waals surface area contributed by atoms with Crippen LogP contribution in [-0.2, 0) is 17.8 Å². The second kappa shape index (κ2) is 9.27. The quantitative estimate of drug-likeness (QED) is 0.685. The van der Waals surface area contributed by atoms with Crippen molar-refractivity contribution in [3.8, 4) is 0 Å². The van der Waals surface area contributed by atoms with Gasteiger partial charge in [-0.3, -0.25) is 9.69 Å². The van der Waals surface area contributed by atoms with E-state index >= 15 is 0 Å². The second-order valence-electron chi connectivity index (χ2n) is 10.2. The molecule has 0 bridgehead atoms. The minimum atomic E-state index is -0.142. The smallest absolute Gasteiger partial charge is 0.228 e. The van der Waals surface area contributed by atoms with Gasteiger partial charge in [0, 0.05) is 38.4 Å². The Labute approximate surface area is 193 Å². The van der Waals surface area contributed by atoms with E-state index in [0.717, 1.165) is 45.3 Å². The number of carbonyl (C=O) groups excluding carboxylic acids is 1. The average Bonchev–Trinajstić information content (AvgIpc) is 3.07. The van der Waals surface area contributed by atoms with Gasteiger partial charge in [-0.1, -0.05) is 48.5 Å². The summed E-state index contributed by atoms with van der Waals surface area (Å²) in [5.41, 5.74) is 4.06. The fourth-order valence-electron chi connectivity index (χ4n) is 6.20. The SMILES string of the molecule is CN1C(=O)C2(CCN(Cc3ccccc3N3CCCCC3)CC2)CC1Cc1ccccc1. The number of benzene rings is 2. The van der Waals surface area contributed by atoms with Crippen LogP contribution in [-0.4, -0.2) is 55.0 Å². The van der Waals surface area contributed by atoms with E-state index in [-0.39, 0.29) is 5.41 Å². The van der Waals surface area contributed by atoms with Gasteiger partial charge >= 0.3 is 0 Å². The van der Waals surface area contributed by atoms with E-state index < -0.39 is 0 Å². The Morgan fingerprint density at radius 2 is 1.56 bits per heavy atom. The molecule has 1 unspecified atom stereocenters. The third-order valence-electron chi connectivity index (χ3n) is 8.16. The molecule has 4 heteroatoms. The van der Waals surface area contributed by atoms with Crippen molar-refractivity contribution in [3.05, 3.63) is 65.7 Å². The van der Waals surface area contributed by atoms with Crippen molar-refractivity contribution in [3.63, 3.8) is 0 Å². The van der Waals surface area contributed by atoms with E-state index in [2.05, 4.69) is 64.4 Å². The summed E-state index contributed by atoms with van der Waals surface area (Å²) in [5, 5.41) is 0. The van der Waals surface area contributed by atoms with E-state index in [1.807, 2.05) is 11.9 Å². The first-order valence-electron chi connectivity index (χ1n) is 12.5. The zero-order valence-electron chi connectivity index (χ0n) is 19.5. The number of likely N-dealkylation sites (tertiary alicyclic amines) is 2. The van der Waals surface area contributed by atoms with Gasteiger partial charge in [0.05, 0.1) is 5.41 Å². The fraction of sp³-hybridized carbons (Fsp3) is 0.536. The number of amides is 1. The maximum Gasteiger partial charge on any atom is 0.228 e. The highest BCUT2D eigenvalue weighted by Crippen LogP contribution is 2.45. The zero-order chi connectivity index (χ0) is 22.0. The van der Waals surface area contributed by atoms with Gasteiger partial charge in [-0.15, -0.1) is 0 Å². The molecule has 2 aromatic carbocycles. The van der Waals surface area contributed by atoms with E-state index in [0.29, 0.717) is 11.9 Å². The lowest BCUT2D eigenvalue weighted by atomic mass is 9.75. The van der Waals surface area contributed by atoms with Crippen molar-refractivity contribution >= 4 is 11.6 Å². The number of para-hydroxylation sites is 1. The van der Waals surface area contributed by atoms with Crippen LogP contribution in [0.5, 0.6) is 0 Å². The standard InChI is InChI=1S/C28H37N3O/c1-29-25(20-23-10-4-2-5-11-23)21-28(27(29)32)14-18-30(19-15-28)22-24-12-6-7-13-26(24)31-16-8-3-9-17-31/h2,4-7,10-13,25H,3,8-9,14-22H2,1H3. The number of hydrogen-bond acceptors (Lipinski definition) is 3. The topological polar surface area (TPSA) is 26.8 Å². The summed E-state index contributed by atoms with van der Waals surface area (Å²) in [6.07, 6.45) is 7.94. The number of hydrogen-bond donors (Lipinski definition) is 0. The number of likely N-dealkylation sites (N-methyl/N-ethyl adjacent to an activating group) is 1. The number of anilines is 1. The second-order valence-corrected chi connectivity index (χ2v) is 10.2. The van der Waals surface area contributed by atoms with Crippen molar-refractivity contribution in [2.45, 2.75) is 57.5 Å². The van der Waals surface area contributed by atoms with Crippen LogP contribution in [0.15, 0.2) is 54.6 Å². The van der Waals surface area contributed by atoms with Gasteiger partial charge in [0.2, 0.25) is 5.91 Å². The predicted molar refractivity (Wildman–Crippen MR) is 131 cm³/mol. The number of nitrogens with zero attached hydrogens (tertiary/aromatic N) is 3. The van der Waals surface area contributed by atoms with Crippen molar-refractivity contribution < 1.29 is 4.79 Å². The van der Waals surface area contributed by atoms with Crippen LogP contribution >= 0.6 is 0 Å². The predicted octanol–water partition coefficient (Wildman–Crippen LogP) is 4.73. The molecule has 0 aromatic heterocycles. The van der Waals surface area contributed by atoms with Crippen LogP contribution in [0.25, 0.3) is 0 Å². The first kappa shape index (κ1) is 21.5. The van der Waals surface area contributed by atoms with Crippen molar-refractivity contribution in [1.29, 1.82) is 0 Å². The molecule has 1 spiro atoms. The summed E-state index contributed by atoms with van der Waals surface area (Å²) in [7, 11) is 2.02. The molecule has 1 atom stereocenters. The fourth-order valence-corrected chi connectivity index (χ4v) is 6.20. The van der Waals surface area contributed by atoms with Crippen LogP contribution in [0.2, 0.25) is 0 Å². The molecular formula is C28H37N3O. The molecular weight excluding hydrogens is 394 g/mol. The van der Waals surface area contributed by atoms with Gasteiger partial charge in [-0.05, 0) is 75.2 Å². The van der Waals surface area contributed by atoms with Gasteiger partial charge < -0.3 is 9.80 Å². The zero-order valence-corrected chi connectivity index (χ0v) is 19.5. The first-order valence-corrected chi connectivity index (χ1v) is 12.5. The van der Waals surface area contributed by atoms with Gasteiger partial charge in [-0.25, -0.2) is 0 Å². The lowest BCUT2D eigenvalue weighted by molar-refractivity contribution is -0.137. The van der Waals surface area contributed by atoms with Gasteiger partial charge in [0.1, 0.15) is 0 Å². The van der Waals surface area contributed by atoms with Gasteiger partial charge in [0.25, 0.3) is 0 Å². The van der Waals surface area contributed by atoms with Crippen LogP contribution < -0.4 is 4.90 Å². The third-order valence-corrected chi connectivity index (χ3v) is 8.16. The highest BCUT2D eigenvalue weighted by atomic mass is 16.2. The molecule has 0 radical (unpaired) electrons. The maximum atomic E-state index is 13.3. The Morgan fingerprint density at radius 1 is 0.875 bits per heavy atom. The minimum Gasteiger partial charge on any atom is -0.371 e. The minimum absolute atomic E-state index is 0.142. The summed E-state index contributed by atoms with van der Waals surface area (Å²) < 4.78 is 0. The van der Waals surface area contributed by atoms with Gasteiger partial charge in [-0.2, -0.15) is 0 Å². The molecule has 3 aliphatic heterocycles. The molecule has 3 aliphatic rings. The first-order chi connectivity index (χ1) is 15.6. The molecule has 0 N–H and O–H groups in total. The largest absolute Gasteiger partial charge is 0.371 e. The monoisotopic (exact) mass is 431 g/mol. The van der Waals surface area contributed by atoms with Crippen LogP contribution in [0, 0.1) is 5.41 Å². The molecule has 0 aliphatic carbocycles. The highest BCUT2D eigenvalue weighted by Gasteiger charge is 2.51. The lowest BCUT2D eigenvalue weighted by Gasteiger charge is -2.38. The molecule has 3 heterocycles. The van der Waals surface area contributed by atoms with Crippen LogP contribution in [0.1, 0.15) is 49.7 Å². The molecule has 170 valence electrons. The summed E-state index contributed by atoms with van der Waals surface area (Å²) in [5.74, 6) is 0.381. The summed E-state index contributed by atoms with van der Waals surface area (Å²) in [4.78, 5) is 20.5. The summed E-state index contributed by atoms with van der Waals surface area (Å²) in [6.45, 7) is 5.41. The Hall–Kier alpha value is -2.33. The van der Waals surface area contributed by atoms with Gasteiger partial charge in [0.15, 0.2) is 0 Å². The molecule has 32 heavy (non-hydrogen) atoms. The van der Waals surface area contributed by atoms with E-state index in [1.165, 1.54) is 49.2 Å². The molecule has 1 amide bonds. The molecule has 3 fully saturated rings. The van der Waals surface area contributed by atoms with Crippen molar-refractivity contribution in [2.24, 2.45) is 5.41 Å². The van der Waals surface area contributed by atoms with Crippen molar-refractivity contribution in [2.75, 3.05) is 38.1 Å². The Morgan fingerprint density at radius 3 is 2.31 bits per heavy atom. The molecule has 0 saturated carbocycles. The van der Waals surface area contributed by atoms with E-state index in [9.17, 15) is 4.79 Å². The van der Waals surface area contributed by atoms with Crippen LogP contribution in [0.4, 0.5) is 5.69 Å². The van der Waals surface area contributed by atoms with Crippen molar-refractivity contribution in [1.82, 2.24) is 9.80 Å². The summed E-state index contributed by atoms with van der Waals surface area (Å²) >= 11 is 0. The third kappa shape index (κ3) is 4.30. The normalized spacial score (nSPS) is 23.8. The number of carbonyl (C=O) groups is 1. The molecule has 3 saturated heterocycles. The Kier molecular flexibility index (Phi) is 6.23. The molecule has 2 aromatic rings. The Balaban J connectivity index is 1.22. The van der Waals surface area contributed by atoms with Crippen LogP contribution in [0.3, 0.4) is 0 Å². The Bertz CT molecular complexity index is 913. The lowest BCUT2D eigenvalue weighted by Crippen LogP contribution is -2.44. The number of piperidine rings is 2.